The minimum absolute atomic E-state index is 0.113. The highest BCUT2D eigenvalue weighted by molar-refractivity contribution is 9.10. The number of aromatic amines is 2. The van der Waals surface area contributed by atoms with Crippen LogP contribution in [0.3, 0.4) is 0 Å². The van der Waals surface area contributed by atoms with E-state index >= 15 is 0 Å². The molecule has 124 valence electrons. The van der Waals surface area contributed by atoms with Gasteiger partial charge < -0.3 is 14.7 Å². The Morgan fingerprint density at radius 1 is 1.21 bits per heavy atom. The average molecular weight is 406 g/mol. The zero-order chi connectivity index (χ0) is 17.4. The Hall–Kier alpha value is -2.12. The van der Waals surface area contributed by atoms with Crippen molar-refractivity contribution >= 4 is 28.1 Å². The Morgan fingerprint density at radius 2 is 1.88 bits per heavy atom. The van der Waals surface area contributed by atoms with Gasteiger partial charge in [0.05, 0.1) is 5.56 Å². The zero-order valence-corrected chi connectivity index (χ0v) is 15.6. The predicted octanol–water partition coefficient (Wildman–Crippen LogP) is 3.90. The van der Waals surface area contributed by atoms with E-state index in [2.05, 4.69) is 30.5 Å². The summed E-state index contributed by atoms with van der Waals surface area (Å²) in [7, 11) is 0. The SMILES string of the molecule is Cc1cc(Cc2c(O)[nH]c(=S)[nH]c2=O)c(C)n1-c1ccc(Br)cc1. The van der Waals surface area contributed by atoms with E-state index in [1.54, 1.807) is 0 Å². The van der Waals surface area contributed by atoms with Crippen LogP contribution < -0.4 is 5.56 Å². The van der Waals surface area contributed by atoms with E-state index in [1.165, 1.54) is 0 Å². The maximum Gasteiger partial charge on any atom is 0.259 e. The largest absolute Gasteiger partial charge is 0.494 e. The lowest BCUT2D eigenvalue weighted by atomic mass is 10.1. The summed E-state index contributed by atoms with van der Waals surface area (Å²) in [6.45, 7) is 4.02. The number of nitrogens with one attached hydrogen (secondary N) is 2. The van der Waals surface area contributed by atoms with E-state index in [0.717, 1.165) is 27.1 Å². The van der Waals surface area contributed by atoms with Crippen molar-refractivity contribution in [2.24, 2.45) is 0 Å². The van der Waals surface area contributed by atoms with Gasteiger partial charge in [0.25, 0.3) is 5.56 Å². The highest BCUT2D eigenvalue weighted by Gasteiger charge is 2.15. The van der Waals surface area contributed by atoms with E-state index in [9.17, 15) is 9.90 Å². The molecule has 1 aromatic carbocycles. The van der Waals surface area contributed by atoms with Gasteiger partial charge in [-0.15, -0.1) is 0 Å². The van der Waals surface area contributed by atoms with E-state index in [0.29, 0.717) is 6.42 Å². The van der Waals surface area contributed by atoms with Gasteiger partial charge in [-0.25, -0.2) is 0 Å². The molecule has 0 aliphatic heterocycles. The molecule has 0 unspecified atom stereocenters. The van der Waals surface area contributed by atoms with Crippen molar-refractivity contribution in [1.82, 2.24) is 14.5 Å². The Balaban J connectivity index is 2.06. The number of nitrogens with zero attached hydrogens (tertiary/aromatic N) is 1. The Bertz CT molecular complexity index is 1020. The second-order valence-corrected chi connectivity index (χ2v) is 6.94. The van der Waals surface area contributed by atoms with Crippen LogP contribution in [0.25, 0.3) is 5.69 Å². The van der Waals surface area contributed by atoms with Crippen LogP contribution in [0.4, 0.5) is 0 Å². The van der Waals surface area contributed by atoms with Gasteiger partial charge >= 0.3 is 0 Å². The molecule has 0 bridgehead atoms. The van der Waals surface area contributed by atoms with Gasteiger partial charge in [-0.1, -0.05) is 15.9 Å². The first kappa shape index (κ1) is 16.7. The standard InChI is InChI=1S/C17H16BrN3O2S/c1-9-7-11(8-14-15(22)19-17(24)20-16(14)23)10(2)21(9)13-5-3-12(18)4-6-13/h3-7H,8H2,1-2H3,(H3,19,20,22,23,24). The summed E-state index contributed by atoms with van der Waals surface area (Å²) in [6.07, 6.45) is 0.323. The predicted molar refractivity (Wildman–Crippen MR) is 99.7 cm³/mol. The fourth-order valence-corrected chi connectivity index (χ4v) is 3.30. The molecule has 0 spiro atoms. The molecule has 2 heterocycles. The number of H-pyrrole nitrogens is 2. The molecule has 24 heavy (non-hydrogen) atoms. The quantitative estimate of drug-likeness (QED) is 0.578. The Morgan fingerprint density at radius 3 is 2.50 bits per heavy atom. The first-order valence-electron chi connectivity index (χ1n) is 7.35. The lowest BCUT2D eigenvalue weighted by Gasteiger charge is -2.10. The van der Waals surface area contributed by atoms with Crippen molar-refractivity contribution in [2.75, 3.05) is 0 Å². The molecule has 0 atom stereocenters. The summed E-state index contributed by atoms with van der Waals surface area (Å²) >= 11 is 8.30. The summed E-state index contributed by atoms with van der Waals surface area (Å²) in [6, 6.07) is 10.1. The van der Waals surface area contributed by atoms with Crippen molar-refractivity contribution in [1.29, 1.82) is 0 Å². The first-order valence-corrected chi connectivity index (χ1v) is 8.55. The maximum absolute atomic E-state index is 12.1. The number of benzene rings is 1. The number of halogens is 1. The van der Waals surface area contributed by atoms with E-state index in [-0.39, 0.29) is 21.8 Å². The highest BCUT2D eigenvalue weighted by Crippen LogP contribution is 2.24. The van der Waals surface area contributed by atoms with E-state index in [4.69, 9.17) is 12.2 Å². The zero-order valence-electron chi connectivity index (χ0n) is 13.2. The first-order chi connectivity index (χ1) is 11.4. The van der Waals surface area contributed by atoms with Gasteiger partial charge in [-0.3, -0.25) is 9.78 Å². The maximum atomic E-state index is 12.1. The van der Waals surface area contributed by atoms with Crippen LogP contribution in [0.15, 0.2) is 39.6 Å². The highest BCUT2D eigenvalue weighted by atomic mass is 79.9. The number of aryl methyl sites for hydroxylation is 1. The van der Waals surface area contributed by atoms with Crippen LogP contribution in [0.5, 0.6) is 5.88 Å². The van der Waals surface area contributed by atoms with Gasteiger partial charge in [0.15, 0.2) is 10.7 Å². The molecule has 0 amide bonds. The summed E-state index contributed by atoms with van der Waals surface area (Å²) in [5.41, 5.74) is 4.01. The van der Waals surface area contributed by atoms with Gasteiger partial charge in [0.2, 0.25) is 0 Å². The molecular weight excluding hydrogens is 390 g/mol. The molecular formula is C17H16BrN3O2S. The number of aromatic hydroxyl groups is 1. The molecule has 0 saturated carbocycles. The summed E-state index contributed by atoms with van der Waals surface area (Å²) in [5.74, 6) is -0.183. The van der Waals surface area contributed by atoms with Crippen molar-refractivity contribution in [3.05, 3.63) is 72.4 Å². The fourth-order valence-electron chi connectivity index (χ4n) is 2.85. The lowest BCUT2D eigenvalue weighted by molar-refractivity contribution is 0.443. The van der Waals surface area contributed by atoms with Gasteiger partial charge in [0, 0.05) is 28.0 Å². The monoisotopic (exact) mass is 405 g/mol. The molecule has 5 nitrogen and oxygen atoms in total. The molecule has 0 fully saturated rings. The normalized spacial score (nSPS) is 11.0. The third-order valence-corrected chi connectivity index (χ3v) is 4.74. The molecule has 2 aromatic heterocycles. The third-order valence-electron chi connectivity index (χ3n) is 4.01. The van der Waals surface area contributed by atoms with Gasteiger partial charge in [0.1, 0.15) is 0 Å². The summed E-state index contributed by atoms with van der Waals surface area (Å²) in [4.78, 5) is 17.2. The van der Waals surface area contributed by atoms with Crippen LogP contribution in [-0.4, -0.2) is 19.6 Å². The Labute approximate surface area is 152 Å². The third kappa shape index (κ3) is 3.09. The van der Waals surface area contributed by atoms with Crippen molar-refractivity contribution in [3.8, 4) is 11.6 Å². The van der Waals surface area contributed by atoms with Crippen LogP contribution in [-0.2, 0) is 6.42 Å². The molecule has 3 rings (SSSR count). The molecule has 0 saturated heterocycles. The second kappa shape index (κ2) is 6.41. The van der Waals surface area contributed by atoms with Crippen molar-refractivity contribution in [3.63, 3.8) is 0 Å². The minimum Gasteiger partial charge on any atom is -0.494 e. The van der Waals surface area contributed by atoms with Gasteiger partial charge in [-0.2, -0.15) is 0 Å². The number of hydrogen-bond donors (Lipinski definition) is 3. The van der Waals surface area contributed by atoms with Crippen molar-refractivity contribution in [2.45, 2.75) is 20.3 Å². The average Bonchev–Trinajstić information content (AvgIpc) is 2.78. The number of hydrogen-bond acceptors (Lipinski definition) is 3. The number of aromatic nitrogens is 3. The van der Waals surface area contributed by atoms with Gasteiger partial charge in [-0.05, 0) is 62.0 Å². The molecule has 0 aliphatic rings. The second-order valence-electron chi connectivity index (χ2n) is 5.62. The topological polar surface area (TPSA) is 73.8 Å². The smallest absolute Gasteiger partial charge is 0.259 e. The lowest BCUT2D eigenvalue weighted by Crippen LogP contribution is -2.14. The van der Waals surface area contributed by atoms with Crippen LogP contribution in [0, 0.1) is 18.6 Å². The van der Waals surface area contributed by atoms with E-state index < -0.39 is 0 Å². The number of rotatable bonds is 3. The van der Waals surface area contributed by atoms with Crippen LogP contribution >= 0.6 is 28.1 Å². The minimum atomic E-state index is -0.371. The molecule has 3 aromatic rings. The molecule has 3 N–H and O–H groups in total. The summed E-state index contributed by atoms with van der Waals surface area (Å²) < 4.78 is 3.25. The molecule has 0 aliphatic carbocycles. The van der Waals surface area contributed by atoms with E-state index in [1.807, 2.05) is 44.2 Å². The Kier molecular flexibility index (Phi) is 4.47. The van der Waals surface area contributed by atoms with Crippen LogP contribution in [0.1, 0.15) is 22.5 Å². The molecule has 0 radical (unpaired) electrons. The summed E-state index contributed by atoms with van der Waals surface area (Å²) in [5, 5.41) is 9.99. The van der Waals surface area contributed by atoms with Crippen LogP contribution in [0.2, 0.25) is 0 Å². The fraction of sp³-hybridized carbons (Fsp3) is 0.176. The van der Waals surface area contributed by atoms with Crippen molar-refractivity contribution < 1.29 is 5.11 Å². The molecule has 7 heteroatoms.